The maximum absolute atomic E-state index is 12.1. The molecule has 0 unspecified atom stereocenters. The number of nitrogens with zero attached hydrogens (tertiary/aromatic N) is 3. The minimum atomic E-state index is -0.0194. The van der Waals surface area contributed by atoms with Gasteiger partial charge in [0.25, 0.3) is 5.91 Å². The lowest BCUT2D eigenvalue weighted by Crippen LogP contribution is -2.45. The first kappa shape index (κ1) is 12.8. The number of benzene rings is 1. The maximum atomic E-state index is 12.1. The third-order valence-corrected chi connectivity index (χ3v) is 3.48. The second-order valence-corrected chi connectivity index (χ2v) is 4.93. The molecule has 0 bridgehead atoms. The summed E-state index contributed by atoms with van der Waals surface area (Å²) in [6, 6.07) is 7.64. The van der Waals surface area contributed by atoms with Crippen LogP contribution in [0.5, 0.6) is 0 Å². The molecule has 2 heterocycles. The van der Waals surface area contributed by atoms with E-state index in [1.807, 2.05) is 24.3 Å². The molecule has 0 saturated carbocycles. The van der Waals surface area contributed by atoms with E-state index >= 15 is 0 Å². The molecule has 1 fully saturated rings. The molecule has 1 saturated heterocycles. The van der Waals surface area contributed by atoms with E-state index in [4.69, 9.17) is 0 Å². The minimum Gasteiger partial charge on any atom is -0.348 e. The van der Waals surface area contributed by atoms with Crippen LogP contribution >= 0.6 is 0 Å². The van der Waals surface area contributed by atoms with Crippen LogP contribution < -0.4 is 10.6 Å². The number of hydrogen-bond acceptors (Lipinski definition) is 4. The normalized spacial score (nSPS) is 18.7. The predicted octanol–water partition coefficient (Wildman–Crippen LogP) is 0.749. The number of hydrogen-bond donors (Lipinski definition) is 2. The summed E-state index contributed by atoms with van der Waals surface area (Å²) in [4.78, 5) is 12.1. The van der Waals surface area contributed by atoms with Crippen LogP contribution in [-0.2, 0) is 0 Å². The van der Waals surface area contributed by atoms with E-state index in [2.05, 4.69) is 20.8 Å². The van der Waals surface area contributed by atoms with Crippen molar-refractivity contribution in [1.29, 1.82) is 0 Å². The molecule has 0 spiro atoms. The highest BCUT2D eigenvalue weighted by Gasteiger charge is 2.16. The number of rotatable bonds is 3. The molecule has 1 atom stereocenters. The number of aromatic nitrogens is 3. The van der Waals surface area contributed by atoms with E-state index in [0.29, 0.717) is 5.56 Å². The summed E-state index contributed by atoms with van der Waals surface area (Å²) in [5.74, 6) is -0.0194. The van der Waals surface area contributed by atoms with Gasteiger partial charge < -0.3 is 10.6 Å². The van der Waals surface area contributed by atoms with E-state index < -0.39 is 0 Å². The maximum Gasteiger partial charge on any atom is 0.251 e. The van der Waals surface area contributed by atoms with Gasteiger partial charge in [-0.2, -0.15) is 0 Å². The Hall–Kier alpha value is -2.21. The number of carbonyl (C=O) groups excluding carboxylic acids is 1. The molecule has 104 valence electrons. The largest absolute Gasteiger partial charge is 0.348 e. The van der Waals surface area contributed by atoms with E-state index in [1.165, 1.54) is 0 Å². The highest BCUT2D eigenvalue weighted by molar-refractivity contribution is 5.94. The van der Waals surface area contributed by atoms with Gasteiger partial charge in [0, 0.05) is 23.8 Å². The number of carbonyl (C=O) groups is 1. The fourth-order valence-corrected chi connectivity index (χ4v) is 2.36. The summed E-state index contributed by atoms with van der Waals surface area (Å²) in [5.41, 5.74) is 1.61. The Morgan fingerprint density at radius 2 is 2.00 bits per heavy atom. The predicted molar refractivity (Wildman–Crippen MR) is 74.7 cm³/mol. The molecule has 1 aromatic carbocycles. The summed E-state index contributed by atoms with van der Waals surface area (Å²) < 4.78 is 1.80. The average Bonchev–Trinajstić information content (AvgIpc) is 3.03. The summed E-state index contributed by atoms with van der Waals surface area (Å²) >= 11 is 0. The first-order valence-corrected chi connectivity index (χ1v) is 6.79. The van der Waals surface area contributed by atoms with Crippen molar-refractivity contribution in [3.05, 3.63) is 42.5 Å². The summed E-state index contributed by atoms with van der Waals surface area (Å²) in [7, 11) is 0. The van der Waals surface area contributed by atoms with Crippen LogP contribution in [0.25, 0.3) is 5.69 Å². The van der Waals surface area contributed by atoms with Gasteiger partial charge in [-0.25, -0.2) is 0 Å². The van der Waals surface area contributed by atoms with Crippen LogP contribution in [0.3, 0.4) is 0 Å². The molecule has 0 radical (unpaired) electrons. The zero-order valence-electron chi connectivity index (χ0n) is 11.1. The molecule has 0 aliphatic carbocycles. The zero-order valence-corrected chi connectivity index (χ0v) is 11.1. The van der Waals surface area contributed by atoms with Crippen LogP contribution in [0, 0.1) is 0 Å². The molecular formula is C14H17N5O. The lowest BCUT2D eigenvalue weighted by atomic mass is 10.1. The Morgan fingerprint density at radius 1 is 1.25 bits per heavy atom. The second-order valence-electron chi connectivity index (χ2n) is 4.93. The smallest absolute Gasteiger partial charge is 0.251 e. The lowest BCUT2D eigenvalue weighted by Gasteiger charge is -2.23. The van der Waals surface area contributed by atoms with Gasteiger partial charge in [0.05, 0.1) is 0 Å². The lowest BCUT2D eigenvalue weighted by molar-refractivity contribution is 0.0930. The molecule has 6 heteroatoms. The van der Waals surface area contributed by atoms with Crippen LogP contribution in [-0.4, -0.2) is 39.8 Å². The van der Waals surface area contributed by atoms with E-state index in [-0.39, 0.29) is 11.9 Å². The van der Waals surface area contributed by atoms with Crippen molar-refractivity contribution in [2.75, 3.05) is 13.1 Å². The van der Waals surface area contributed by atoms with Crippen molar-refractivity contribution in [3.63, 3.8) is 0 Å². The summed E-state index contributed by atoms with van der Waals surface area (Å²) in [6.45, 7) is 1.89. The van der Waals surface area contributed by atoms with E-state index in [9.17, 15) is 4.79 Å². The van der Waals surface area contributed by atoms with Gasteiger partial charge in [-0.05, 0) is 43.7 Å². The number of piperidine rings is 1. The first-order valence-electron chi connectivity index (χ1n) is 6.79. The monoisotopic (exact) mass is 271 g/mol. The standard InChI is InChI=1S/C14H17N5O/c20-14(18-12-2-1-7-15-8-12)11-3-5-13(6-4-11)19-9-16-17-10-19/h3-6,9-10,12,15H,1-2,7-8H2,(H,18,20)/t12-/m0/s1. The van der Waals surface area contributed by atoms with Gasteiger partial charge in [0.15, 0.2) is 0 Å². The number of amides is 1. The summed E-state index contributed by atoms with van der Waals surface area (Å²) in [6.07, 6.45) is 5.40. The highest BCUT2D eigenvalue weighted by Crippen LogP contribution is 2.10. The zero-order chi connectivity index (χ0) is 13.8. The topological polar surface area (TPSA) is 71.8 Å². The van der Waals surface area contributed by atoms with E-state index in [0.717, 1.165) is 31.6 Å². The Kier molecular flexibility index (Phi) is 3.73. The molecule has 6 nitrogen and oxygen atoms in total. The third-order valence-electron chi connectivity index (χ3n) is 3.48. The summed E-state index contributed by atoms with van der Waals surface area (Å²) in [5, 5.41) is 13.9. The van der Waals surface area contributed by atoms with Crippen molar-refractivity contribution in [3.8, 4) is 5.69 Å². The van der Waals surface area contributed by atoms with Crippen molar-refractivity contribution in [2.45, 2.75) is 18.9 Å². The van der Waals surface area contributed by atoms with E-state index in [1.54, 1.807) is 17.2 Å². The SMILES string of the molecule is O=C(N[C@H]1CCCNC1)c1ccc(-n2cnnc2)cc1. The number of nitrogens with one attached hydrogen (secondary N) is 2. The molecule has 1 aliphatic rings. The molecule has 1 aromatic heterocycles. The van der Waals surface area contributed by atoms with Gasteiger partial charge in [-0.15, -0.1) is 10.2 Å². The van der Waals surface area contributed by atoms with Crippen LogP contribution in [0.1, 0.15) is 23.2 Å². The molecule has 3 rings (SSSR count). The minimum absolute atomic E-state index is 0.0194. The Morgan fingerprint density at radius 3 is 2.65 bits per heavy atom. The third kappa shape index (κ3) is 2.85. The van der Waals surface area contributed by atoms with Crippen molar-refractivity contribution in [1.82, 2.24) is 25.4 Å². The van der Waals surface area contributed by atoms with Crippen LogP contribution in [0.2, 0.25) is 0 Å². The Balaban J connectivity index is 1.66. The average molecular weight is 271 g/mol. The van der Waals surface area contributed by atoms with Gasteiger partial charge in [-0.1, -0.05) is 0 Å². The Bertz CT molecular complexity index is 558. The fraction of sp³-hybridized carbons (Fsp3) is 0.357. The molecule has 1 aliphatic heterocycles. The fourth-order valence-electron chi connectivity index (χ4n) is 2.36. The van der Waals surface area contributed by atoms with Crippen molar-refractivity contribution in [2.24, 2.45) is 0 Å². The van der Waals surface area contributed by atoms with Gasteiger partial charge in [-0.3, -0.25) is 9.36 Å². The highest BCUT2D eigenvalue weighted by atomic mass is 16.1. The van der Waals surface area contributed by atoms with Gasteiger partial charge in [0.1, 0.15) is 12.7 Å². The molecular weight excluding hydrogens is 254 g/mol. The molecule has 2 aromatic rings. The van der Waals surface area contributed by atoms with Crippen molar-refractivity contribution >= 4 is 5.91 Å². The quantitative estimate of drug-likeness (QED) is 0.864. The molecule has 1 amide bonds. The Labute approximate surface area is 117 Å². The van der Waals surface area contributed by atoms with Gasteiger partial charge >= 0.3 is 0 Å². The van der Waals surface area contributed by atoms with Crippen molar-refractivity contribution < 1.29 is 4.79 Å². The molecule has 20 heavy (non-hydrogen) atoms. The van der Waals surface area contributed by atoms with Crippen LogP contribution in [0.4, 0.5) is 0 Å². The van der Waals surface area contributed by atoms with Crippen LogP contribution in [0.15, 0.2) is 36.9 Å². The molecule has 2 N–H and O–H groups in total. The van der Waals surface area contributed by atoms with Gasteiger partial charge in [0.2, 0.25) is 0 Å². The second kappa shape index (κ2) is 5.83. The first-order chi connectivity index (χ1) is 9.83.